The Kier molecular flexibility index (Phi) is 3.78. The zero-order chi connectivity index (χ0) is 15.5. The highest BCUT2D eigenvalue weighted by Crippen LogP contribution is 2.23. The molecule has 0 N–H and O–H groups in total. The number of esters is 1. The number of carbonyl (C=O) groups is 1. The van der Waals surface area contributed by atoms with Crippen LogP contribution >= 0.6 is 0 Å². The van der Waals surface area contributed by atoms with Gasteiger partial charge >= 0.3 is 5.97 Å². The molecule has 3 aromatic rings. The molecule has 5 heteroatoms. The molecule has 0 fully saturated rings. The van der Waals surface area contributed by atoms with Crippen molar-refractivity contribution in [3.8, 4) is 17.1 Å². The number of furan rings is 1. The number of hydrogen-bond acceptors (Lipinski definition) is 4. The van der Waals surface area contributed by atoms with Crippen molar-refractivity contribution >= 4 is 5.97 Å². The van der Waals surface area contributed by atoms with E-state index in [1.54, 1.807) is 36.1 Å². The van der Waals surface area contributed by atoms with E-state index in [1.165, 1.54) is 0 Å². The van der Waals surface area contributed by atoms with E-state index < -0.39 is 5.97 Å². The summed E-state index contributed by atoms with van der Waals surface area (Å²) in [6.45, 7) is 4.10. The standard InChI is InChI=1S/C17H16N2O3/c1-3-21-17(20)15-11-14(16-5-4-10-22-16)18-19(15)13-8-6-12(2)7-9-13/h4-11H,3H2,1-2H3. The molecule has 0 aliphatic heterocycles. The van der Waals surface area contributed by atoms with Gasteiger partial charge in [-0.15, -0.1) is 0 Å². The van der Waals surface area contributed by atoms with Crippen LogP contribution in [-0.4, -0.2) is 22.4 Å². The molecule has 0 bridgehead atoms. The van der Waals surface area contributed by atoms with E-state index in [0.29, 0.717) is 23.8 Å². The van der Waals surface area contributed by atoms with Gasteiger partial charge in [0.2, 0.25) is 0 Å². The molecule has 0 radical (unpaired) electrons. The van der Waals surface area contributed by atoms with Gasteiger partial charge in [-0.2, -0.15) is 5.10 Å². The monoisotopic (exact) mass is 296 g/mol. The Balaban J connectivity index is 2.10. The number of carbonyl (C=O) groups excluding carboxylic acids is 1. The SMILES string of the molecule is CCOC(=O)c1cc(-c2ccco2)nn1-c1ccc(C)cc1. The molecular formula is C17H16N2O3. The highest BCUT2D eigenvalue weighted by Gasteiger charge is 2.19. The number of benzene rings is 1. The number of nitrogens with zero attached hydrogens (tertiary/aromatic N) is 2. The van der Waals surface area contributed by atoms with E-state index in [2.05, 4.69) is 5.10 Å². The summed E-state index contributed by atoms with van der Waals surface area (Å²) in [5.74, 6) is 0.199. The van der Waals surface area contributed by atoms with Gasteiger partial charge in [-0.1, -0.05) is 17.7 Å². The first-order valence-electron chi connectivity index (χ1n) is 7.07. The molecule has 0 aliphatic carbocycles. The van der Waals surface area contributed by atoms with Crippen LogP contribution in [0.4, 0.5) is 0 Å². The molecule has 2 heterocycles. The summed E-state index contributed by atoms with van der Waals surface area (Å²) in [7, 11) is 0. The summed E-state index contributed by atoms with van der Waals surface area (Å²) < 4.78 is 12.0. The van der Waals surface area contributed by atoms with E-state index in [4.69, 9.17) is 9.15 Å². The summed E-state index contributed by atoms with van der Waals surface area (Å²) >= 11 is 0. The minimum Gasteiger partial charge on any atom is -0.463 e. The maximum atomic E-state index is 12.2. The first kappa shape index (κ1) is 14.1. The van der Waals surface area contributed by atoms with Crippen LogP contribution < -0.4 is 0 Å². The van der Waals surface area contributed by atoms with Crippen LogP contribution in [0.15, 0.2) is 53.1 Å². The first-order valence-corrected chi connectivity index (χ1v) is 7.07. The van der Waals surface area contributed by atoms with Crippen LogP contribution in [0.3, 0.4) is 0 Å². The van der Waals surface area contributed by atoms with E-state index >= 15 is 0 Å². The minimum atomic E-state index is -0.409. The third-order valence-electron chi connectivity index (χ3n) is 3.25. The molecule has 0 amide bonds. The Labute approximate surface area is 128 Å². The zero-order valence-electron chi connectivity index (χ0n) is 12.4. The van der Waals surface area contributed by atoms with Gasteiger partial charge in [0, 0.05) is 6.07 Å². The normalized spacial score (nSPS) is 10.6. The maximum absolute atomic E-state index is 12.2. The smallest absolute Gasteiger partial charge is 0.357 e. The highest BCUT2D eigenvalue weighted by molar-refractivity contribution is 5.89. The van der Waals surface area contributed by atoms with Gasteiger partial charge in [-0.3, -0.25) is 0 Å². The lowest BCUT2D eigenvalue weighted by atomic mass is 10.2. The van der Waals surface area contributed by atoms with Crippen molar-refractivity contribution in [2.24, 2.45) is 0 Å². The van der Waals surface area contributed by atoms with Crippen molar-refractivity contribution < 1.29 is 13.9 Å². The zero-order valence-corrected chi connectivity index (χ0v) is 12.4. The predicted molar refractivity (Wildman–Crippen MR) is 82.0 cm³/mol. The van der Waals surface area contributed by atoms with Gasteiger partial charge in [0.25, 0.3) is 0 Å². The number of aryl methyl sites for hydroxylation is 1. The molecule has 5 nitrogen and oxygen atoms in total. The lowest BCUT2D eigenvalue weighted by molar-refractivity contribution is 0.0516. The van der Waals surface area contributed by atoms with Crippen molar-refractivity contribution in [2.75, 3.05) is 6.61 Å². The van der Waals surface area contributed by atoms with Gasteiger partial charge < -0.3 is 9.15 Å². The topological polar surface area (TPSA) is 57.3 Å². The van der Waals surface area contributed by atoms with E-state index in [0.717, 1.165) is 11.3 Å². The van der Waals surface area contributed by atoms with Crippen LogP contribution in [0.1, 0.15) is 23.0 Å². The van der Waals surface area contributed by atoms with Crippen LogP contribution in [-0.2, 0) is 4.74 Å². The molecule has 2 aromatic heterocycles. The number of aromatic nitrogens is 2. The largest absolute Gasteiger partial charge is 0.463 e. The van der Waals surface area contributed by atoms with Crippen molar-refractivity contribution in [1.82, 2.24) is 9.78 Å². The van der Waals surface area contributed by atoms with Crippen molar-refractivity contribution in [3.63, 3.8) is 0 Å². The molecule has 0 atom stereocenters. The first-order chi connectivity index (χ1) is 10.7. The number of rotatable bonds is 4. The van der Waals surface area contributed by atoms with Gasteiger partial charge in [0.05, 0.1) is 18.6 Å². The second-order valence-corrected chi connectivity index (χ2v) is 4.86. The second-order valence-electron chi connectivity index (χ2n) is 4.86. The molecule has 3 rings (SSSR count). The fraction of sp³-hybridized carbons (Fsp3) is 0.176. The lowest BCUT2D eigenvalue weighted by Crippen LogP contribution is -2.11. The molecule has 0 aliphatic rings. The Morgan fingerprint density at radius 1 is 1.27 bits per heavy atom. The Morgan fingerprint density at radius 2 is 2.05 bits per heavy atom. The molecule has 0 saturated carbocycles. The Morgan fingerprint density at radius 3 is 2.68 bits per heavy atom. The molecular weight excluding hydrogens is 280 g/mol. The lowest BCUT2D eigenvalue weighted by Gasteiger charge is -2.06. The van der Waals surface area contributed by atoms with Gasteiger partial charge in [-0.25, -0.2) is 9.48 Å². The molecule has 112 valence electrons. The fourth-order valence-electron chi connectivity index (χ4n) is 2.16. The van der Waals surface area contributed by atoms with Crippen LogP contribution in [0.5, 0.6) is 0 Å². The van der Waals surface area contributed by atoms with Crippen LogP contribution in [0.2, 0.25) is 0 Å². The Bertz CT molecular complexity index is 771. The van der Waals surface area contributed by atoms with Gasteiger partial charge in [-0.05, 0) is 38.1 Å². The quantitative estimate of drug-likeness (QED) is 0.690. The average Bonchev–Trinajstić information content (AvgIpc) is 3.17. The summed E-state index contributed by atoms with van der Waals surface area (Å²) in [5.41, 5.74) is 2.90. The van der Waals surface area contributed by atoms with E-state index in [1.807, 2.05) is 31.2 Å². The maximum Gasteiger partial charge on any atom is 0.357 e. The third kappa shape index (κ3) is 2.65. The summed E-state index contributed by atoms with van der Waals surface area (Å²) in [6, 6.07) is 13.0. The van der Waals surface area contributed by atoms with Crippen molar-refractivity contribution in [2.45, 2.75) is 13.8 Å². The van der Waals surface area contributed by atoms with Crippen LogP contribution in [0, 0.1) is 6.92 Å². The minimum absolute atomic E-state index is 0.313. The van der Waals surface area contributed by atoms with Crippen molar-refractivity contribution in [1.29, 1.82) is 0 Å². The molecule has 0 spiro atoms. The van der Waals surface area contributed by atoms with Crippen LogP contribution in [0.25, 0.3) is 17.1 Å². The van der Waals surface area contributed by atoms with Gasteiger partial charge in [0.15, 0.2) is 11.5 Å². The van der Waals surface area contributed by atoms with E-state index in [9.17, 15) is 4.79 Å². The fourth-order valence-corrected chi connectivity index (χ4v) is 2.16. The second kappa shape index (κ2) is 5.89. The average molecular weight is 296 g/mol. The Hall–Kier alpha value is -2.82. The number of ether oxygens (including phenoxy) is 1. The van der Waals surface area contributed by atoms with Crippen molar-refractivity contribution in [3.05, 3.63) is 60.0 Å². The van der Waals surface area contributed by atoms with Gasteiger partial charge in [0.1, 0.15) is 5.69 Å². The molecule has 1 aromatic carbocycles. The predicted octanol–water partition coefficient (Wildman–Crippen LogP) is 3.62. The third-order valence-corrected chi connectivity index (χ3v) is 3.25. The molecule has 0 saturated heterocycles. The summed E-state index contributed by atoms with van der Waals surface area (Å²) in [5, 5.41) is 4.48. The highest BCUT2D eigenvalue weighted by atomic mass is 16.5. The molecule has 0 unspecified atom stereocenters. The summed E-state index contributed by atoms with van der Waals surface area (Å²) in [6.07, 6.45) is 1.57. The summed E-state index contributed by atoms with van der Waals surface area (Å²) in [4.78, 5) is 12.2. The van der Waals surface area contributed by atoms with E-state index in [-0.39, 0.29) is 0 Å². The molecule has 22 heavy (non-hydrogen) atoms. The number of hydrogen-bond donors (Lipinski definition) is 0.